The molecule has 0 saturated heterocycles. The van der Waals surface area contributed by atoms with Crippen LogP contribution in [-0.4, -0.2) is 4.07 Å². The van der Waals surface area contributed by atoms with Crippen molar-refractivity contribution in [3.05, 3.63) is 35.9 Å². The van der Waals surface area contributed by atoms with E-state index in [1.165, 1.54) is 5.56 Å². The zero-order valence-corrected chi connectivity index (χ0v) is 9.30. The summed E-state index contributed by atoms with van der Waals surface area (Å²) in [6, 6.07) is 10.2. The van der Waals surface area contributed by atoms with Crippen molar-refractivity contribution >= 4 is 32.4 Å². The summed E-state index contributed by atoms with van der Waals surface area (Å²) in [5.41, 5.74) is 1.27. The van der Waals surface area contributed by atoms with E-state index in [1.807, 2.05) is 18.2 Å². The second kappa shape index (κ2) is 4.46. The van der Waals surface area contributed by atoms with Crippen molar-refractivity contribution in [3.8, 4) is 0 Å². The second-order valence-electron chi connectivity index (χ2n) is 2.75. The third kappa shape index (κ3) is 4.30. The smallest absolute Gasteiger partial charge is 0.0987 e. The molecule has 0 aromatic heterocycles. The molecule has 0 aliphatic rings. The number of halogens is 2. The average molecular weight is 221 g/mol. The SMILES string of the molecule is PC(Cl)(Cl)CCc1ccccc1. The Bertz CT molecular complexity index is 228. The Balaban J connectivity index is 2.44. The first-order valence-corrected chi connectivity index (χ1v) is 5.12. The molecule has 0 fully saturated rings. The molecule has 0 spiro atoms. The second-order valence-corrected chi connectivity index (χ2v) is 6.01. The maximum atomic E-state index is 5.81. The first kappa shape index (κ1) is 10.3. The molecule has 12 heavy (non-hydrogen) atoms. The van der Waals surface area contributed by atoms with Gasteiger partial charge in [0, 0.05) is 0 Å². The highest BCUT2D eigenvalue weighted by Gasteiger charge is 2.15. The van der Waals surface area contributed by atoms with Gasteiger partial charge in [0.2, 0.25) is 0 Å². The zero-order valence-electron chi connectivity index (χ0n) is 6.63. The van der Waals surface area contributed by atoms with Gasteiger partial charge in [-0.3, -0.25) is 0 Å². The van der Waals surface area contributed by atoms with Crippen LogP contribution in [0.4, 0.5) is 0 Å². The lowest BCUT2D eigenvalue weighted by atomic mass is 10.1. The predicted molar refractivity (Wildman–Crippen MR) is 58.9 cm³/mol. The van der Waals surface area contributed by atoms with Crippen molar-refractivity contribution in [3.63, 3.8) is 0 Å². The highest BCUT2D eigenvalue weighted by atomic mass is 35.5. The molecule has 0 saturated carbocycles. The summed E-state index contributed by atoms with van der Waals surface area (Å²) in [5.74, 6) is 0. The fourth-order valence-corrected chi connectivity index (χ4v) is 1.29. The lowest BCUT2D eigenvalue weighted by Crippen LogP contribution is -2.02. The number of aryl methyl sites for hydroxylation is 1. The van der Waals surface area contributed by atoms with E-state index in [2.05, 4.69) is 21.4 Å². The molecule has 0 N–H and O–H groups in total. The van der Waals surface area contributed by atoms with Crippen LogP contribution in [-0.2, 0) is 6.42 Å². The van der Waals surface area contributed by atoms with E-state index in [-0.39, 0.29) is 0 Å². The first-order chi connectivity index (χ1) is 5.58. The van der Waals surface area contributed by atoms with Crippen LogP contribution in [0.25, 0.3) is 0 Å². The van der Waals surface area contributed by atoms with Crippen LogP contribution >= 0.6 is 32.4 Å². The molecular weight excluding hydrogens is 210 g/mol. The van der Waals surface area contributed by atoms with E-state index in [9.17, 15) is 0 Å². The van der Waals surface area contributed by atoms with Gasteiger partial charge in [0.1, 0.15) is 4.07 Å². The topological polar surface area (TPSA) is 0 Å². The lowest BCUT2D eigenvalue weighted by Gasteiger charge is -2.11. The fourth-order valence-electron chi connectivity index (χ4n) is 0.956. The number of hydrogen-bond acceptors (Lipinski definition) is 0. The Kier molecular flexibility index (Phi) is 3.83. The summed E-state index contributed by atoms with van der Waals surface area (Å²) in [6.45, 7) is 0. The minimum Gasteiger partial charge on any atom is -0.0987 e. The van der Waals surface area contributed by atoms with Crippen molar-refractivity contribution in [1.29, 1.82) is 0 Å². The number of hydrogen-bond donors (Lipinski definition) is 0. The molecule has 1 aromatic carbocycles. The minimum absolute atomic E-state index is 0.685. The summed E-state index contributed by atoms with van der Waals surface area (Å²) in [6.07, 6.45) is 1.67. The number of rotatable bonds is 3. The fraction of sp³-hybridized carbons (Fsp3) is 0.333. The largest absolute Gasteiger partial charge is 0.131 e. The van der Waals surface area contributed by atoms with E-state index in [1.54, 1.807) is 0 Å². The van der Waals surface area contributed by atoms with Crippen molar-refractivity contribution in [2.24, 2.45) is 0 Å². The van der Waals surface area contributed by atoms with E-state index in [4.69, 9.17) is 23.2 Å². The van der Waals surface area contributed by atoms with Gasteiger partial charge >= 0.3 is 0 Å². The molecule has 0 aliphatic heterocycles. The zero-order chi connectivity index (χ0) is 9.03. The van der Waals surface area contributed by atoms with Gasteiger partial charge in [0.25, 0.3) is 0 Å². The molecule has 0 radical (unpaired) electrons. The number of benzene rings is 1. The van der Waals surface area contributed by atoms with E-state index < -0.39 is 4.07 Å². The molecule has 0 bridgehead atoms. The number of alkyl halides is 2. The van der Waals surface area contributed by atoms with Crippen molar-refractivity contribution in [2.75, 3.05) is 0 Å². The van der Waals surface area contributed by atoms with Crippen LogP contribution in [0, 0.1) is 0 Å². The van der Waals surface area contributed by atoms with Crippen LogP contribution < -0.4 is 0 Å². The molecule has 1 aromatic rings. The van der Waals surface area contributed by atoms with Crippen LogP contribution in [0.15, 0.2) is 30.3 Å². The van der Waals surface area contributed by atoms with E-state index in [0.29, 0.717) is 0 Å². The van der Waals surface area contributed by atoms with Gasteiger partial charge in [-0.15, -0.1) is 0 Å². The predicted octanol–water partition coefficient (Wildman–Crippen LogP) is 3.63. The highest BCUT2D eigenvalue weighted by Crippen LogP contribution is 2.33. The van der Waals surface area contributed by atoms with Crippen molar-refractivity contribution in [1.82, 2.24) is 0 Å². The Labute approximate surface area is 85.5 Å². The van der Waals surface area contributed by atoms with Gasteiger partial charge in [-0.05, 0) is 18.4 Å². The summed E-state index contributed by atoms with van der Waals surface area (Å²) in [7, 11) is 2.42. The summed E-state index contributed by atoms with van der Waals surface area (Å²) in [4.78, 5) is 0. The van der Waals surface area contributed by atoms with Gasteiger partial charge in [-0.1, -0.05) is 62.8 Å². The molecule has 1 unspecified atom stereocenters. The van der Waals surface area contributed by atoms with Crippen LogP contribution in [0.3, 0.4) is 0 Å². The normalized spacial score (nSPS) is 11.6. The van der Waals surface area contributed by atoms with E-state index in [0.717, 1.165) is 12.8 Å². The van der Waals surface area contributed by atoms with Crippen LogP contribution in [0.5, 0.6) is 0 Å². The van der Waals surface area contributed by atoms with Gasteiger partial charge in [0.05, 0.1) is 0 Å². The first-order valence-electron chi connectivity index (χ1n) is 3.78. The maximum Gasteiger partial charge on any atom is 0.131 e. The molecule has 0 nitrogen and oxygen atoms in total. The highest BCUT2D eigenvalue weighted by molar-refractivity contribution is 7.27. The third-order valence-electron chi connectivity index (χ3n) is 1.59. The molecule has 0 aliphatic carbocycles. The van der Waals surface area contributed by atoms with Gasteiger partial charge in [-0.2, -0.15) is 0 Å². The maximum absolute atomic E-state index is 5.81. The Morgan fingerprint density at radius 1 is 1.17 bits per heavy atom. The average Bonchev–Trinajstić information content (AvgIpc) is 2.02. The van der Waals surface area contributed by atoms with Crippen LogP contribution in [0.1, 0.15) is 12.0 Å². The van der Waals surface area contributed by atoms with Gasteiger partial charge < -0.3 is 0 Å². The lowest BCUT2D eigenvalue weighted by molar-refractivity contribution is 0.859. The quantitative estimate of drug-likeness (QED) is 0.540. The standard InChI is InChI=1S/C9H11Cl2P/c10-9(11,12)7-6-8-4-2-1-3-5-8/h1-5H,6-7,12H2. The molecule has 0 amide bonds. The molecular formula is C9H11Cl2P. The molecule has 3 heteroatoms. The Morgan fingerprint density at radius 3 is 2.25 bits per heavy atom. The van der Waals surface area contributed by atoms with Crippen molar-refractivity contribution < 1.29 is 0 Å². The van der Waals surface area contributed by atoms with E-state index >= 15 is 0 Å². The molecule has 66 valence electrons. The molecule has 0 heterocycles. The molecule has 1 rings (SSSR count). The monoisotopic (exact) mass is 220 g/mol. The Hall–Kier alpha value is 0.230. The van der Waals surface area contributed by atoms with Gasteiger partial charge in [-0.25, -0.2) is 0 Å². The third-order valence-corrected chi connectivity index (χ3v) is 2.26. The summed E-state index contributed by atoms with van der Waals surface area (Å²) >= 11 is 11.6. The van der Waals surface area contributed by atoms with Gasteiger partial charge in [0.15, 0.2) is 0 Å². The summed E-state index contributed by atoms with van der Waals surface area (Å²) in [5, 5.41) is 0. The minimum atomic E-state index is -0.685. The molecule has 1 atom stereocenters. The summed E-state index contributed by atoms with van der Waals surface area (Å²) < 4.78 is -0.685. The van der Waals surface area contributed by atoms with Crippen molar-refractivity contribution in [2.45, 2.75) is 16.9 Å². The van der Waals surface area contributed by atoms with Crippen LogP contribution in [0.2, 0.25) is 0 Å². The Morgan fingerprint density at radius 2 is 1.75 bits per heavy atom.